The monoisotopic (exact) mass is 326 g/mol. The summed E-state index contributed by atoms with van der Waals surface area (Å²) in [6.07, 6.45) is 2.69. The van der Waals surface area contributed by atoms with Gasteiger partial charge in [0, 0.05) is 6.54 Å². The van der Waals surface area contributed by atoms with E-state index in [1.165, 1.54) is 0 Å². The molecule has 0 aliphatic carbocycles. The molecule has 0 bridgehead atoms. The molecule has 2 aromatic heterocycles. The Balaban J connectivity index is 1.49. The van der Waals surface area contributed by atoms with Crippen LogP contribution in [0.2, 0.25) is 0 Å². The molecule has 3 aromatic rings. The third-order valence-electron chi connectivity index (χ3n) is 4.38. The van der Waals surface area contributed by atoms with Gasteiger partial charge in [-0.25, -0.2) is 9.67 Å². The van der Waals surface area contributed by atoms with Crippen molar-refractivity contribution < 1.29 is 9.21 Å². The molecule has 0 unspecified atom stereocenters. The molecule has 3 heterocycles. The lowest BCUT2D eigenvalue weighted by atomic mass is 10.0. The third-order valence-corrected chi connectivity index (χ3v) is 4.38. The first-order valence-electron chi connectivity index (χ1n) is 8.11. The highest BCUT2D eigenvalue weighted by Gasteiger charge is 2.28. The molecule has 4 rings (SSSR count). The molecule has 8 heteroatoms. The summed E-state index contributed by atoms with van der Waals surface area (Å²) in [5, 5.41) is 14.6. The minimum atomic E-state index is -0.325. The summed E-state index contributed by atoms with van der Waals surface area (Å²) in [5.41, 5.74) is 2.62. The standard InChI is InChI=1S/C16H18N6O2/c1-10-5-4-7-12-14(10)18-13(24-12)9-17-16(23)11-6-2-3-8-22-15(11)19-20-21-22/h4-5,7,11H,2-3,6,8-9H2,1H3,(H,17,23)/t11-/m0/s1. The molecule has 1 atom stereocenters. The lowest BCUT2D eigenvalue weighted by Crippen LogP contribution is -2.30. The third kappa shape index (κ3) is 2.64. The summed E-state index contributed by atoms with van der Waals surface area (Å²) < 4.78 is 7.42. The van der Waals surface area contributed by atoms with Crippen LogP contribution in [0.5, 0.6) is 0 Å². The average molecular weight is 326 g/mol. The Kier molecular flexibility index (Phi) is 3.72. The molecule has 1 amide bonds. The number of nitrogens with one attached hydrogen (secondary N) is 1. The van der Waals surface area contributed by atoms with Crippen LogP contribution in [0.15, 0.2) is 22.6 Å². The number of hydrogen-bond donors (Lipinski definition) is 1. The van der Waals surface area contributed by atoms with Crippen molar-refractivity contribution in [1.29, 1.82) is 0 Å². The molecule has 1 N–H and O–H groups in total. The van der Waals surface area contributed by atoms with Crippen LogP contribution in [0, 0.1) is 6.92 Å². The Morgan fingerprint density at radius 2 is 2.33 bits per heavy atom. The van der Waals surface area contributed by atoms with E-state index in [1.807, 2.05) is 25.1 Å². The first-order valence-corrected chi connectivity index (χ1v) is 8.11. The highest BCUT2D eigenvalue weighted by molar-refractivity contribution is 5.82. The molecule has 124 valence electrons. The van der Waals surface area contributed by atoms with Crippen molar-refractivity contribution in [2.24, 2.45) is 0 Å². The van der Waals surface area contributed by atoms with Crippen molar-refractivity contribution in [2.45, 2.75) is 45.2 Å². The van der Waals surface area contributed by atoms with Gasteiger partial charge in [0.15, 0.2) is 11.4 Å². The Bertz CT molecular complexity index is 884. The van der Waals surface area contributed by atoms with Gasteiger partial charge in [0.05, 0.1) is 12.5 Å². The van der Waals surface area contributed by atoms with Crippen molar-refractivity contribution >= 4 is 17.0 Å². The van der Waals surface area contributed by atoms with E-state index in [2.05, 4.69) is 25.8 Å². The number of hydrogen-bond acceptors (Lipinski definition) is 6. The Morgan fingerprint density at radius 1 is 1.42 bits per heavy atom. The second-order valence-corrected chi connectivity index (χ2v) is 6.06. The molecular formula is C16H18N6O2. The van der Waals surface area contributed by atoms with Gasteiger partial charge in [0.1, 0.15) is 5.52 Å². The van der Waals surface area contributed by atoms with Crippen LogP contribution in [0.1, 0.15) is 42.5 Å². The second-order valence-electron chi connectivity index (χ2n) is 6.06. The van der Waals surface area contributed by atoms with Gasteiger partial charge in [-0.2, -0.15) is 0 Å². The van der Waals surface area contributed by atoms with Crippen LogP contribution in [0.4, 0.5) is 0 Å². The van der Waals surface area contributed by atoms with Crippen LogP contribution in [-0.2, 0) is 17.9 Å². The first kappa shape index (κ1) is 14.8. The largest absolute Gasteiger partial charge is 0.439 e. The van der Waals surface area contributed by atoms with E-state index in [0.717, 1.165) is 42.5 Å². The fraction of sp³-hybridized carbons (Fsp3) is 0.438. The molecule has 1 aromatic carbocycles. The van der Waals surface area contributed by atoms with Gasteiger partial charge in [-0.15, -0.1) is 5.10 Å². The number of oxazole rings is 1. The number of nitrogens with zero attached hydrogens (tertiary/aromatic N) is 5. The van der Waals surface area contributed by atoms with E-state index >= 15 is 0 Å². The predicted octanol–water partition coefficient (Wildman–Crippen LogP) is 1.71. The zero-order chi connectivity index (χ0) is 16.5. The molecule has 0 spiro atoms. The molecule has 1 aliphatic heterocycles. The number of carbonyl (C=O) groups is 1. The van der Waals surface area contributed by atoms with E-state index in [9.17, 15) is 4.79 Å². The maximum atomic E-state index is 12.6. The Hall–Kier alpha value is -2.77. The molecule has 0 saturated heterocycles. The first-order chi connectivity index (χ1) is 11.7. The van der Waals surface area contributed by atoms with E-state index < -0.39 is 0 Å². The van der Waals surface area contributed by atoms with Gasteiger partial charge >= 0.3 is 0 Å². The van der Waals surface area contributed by atoms with E-state index in [1.54, 1.807) is 4.68 Å². The van der Waals surface area contributed by atoms with Gasteiger partial charge in [-0.1, -0.05) is 18.6 Å². The van der Waals surface area contributed by atoms with Crippen molar-refractivity contribution in [3.8, 4) is 0 Å². The smallest absolute Gasteiger partial charge is 0.231 e. The summed E-state index contributed by atoms with van der Waals surface area (Å²) in [4.78, 5) is 17.0. The summed E-state index contributed by atoms with van der Waals surface area (Å²) in [6.45, 7) is 3.00. The number of aryl methyl sites for hydroxylation is 2. The highest BCUT2D eigenvalue weighted by atomic mass is 16.3. The molecule has 0 fully saturated rings. The minimum absolute atomic E-state index is 0.0908. The van der Waals surface area contributed by atoms with E-state index in [4.69, 9.17) is 4.42 Å². The fourth-order valence-corrected chi connectivity index (χ4v) is 3.10. The van der Waals surface area contributed by atoms with Gasteiger partial charge in [-0.3, -0.25) is 4.79 Å². The number of fused-ring (bicyclic) bond motifs is 2. The van der Waals surface area contributed by atoms with Gasteiger partial charge < -0.3 is 9.73 Å². The Labute approximate surface area is 138 Å². The van der Waals surface area contributed by atoms with Crippen LogP contribution in [0.3, 0.4) is 0 Å². The SMILES string of the molecule is Cc1cccc2oc(CNC(=O)[C@H]3CCCCn4nnnc43)nc12. The van der Waals surface area contributed by atoms with Gasteiger partial charge in [0.2, 0.25) is 11.8 Å². The summed E-state index contributed by atoms with van der Waals surface area (Å²) >= 11 is 0. The molecular weight excluding hydrogens is 308 g/mol. The summed E-state index contributed by atoms with van der Waals surface area (Å²) in [5.74, 6) is 0.722. The second kappa shape index (κ2) is 6.03. The quantitative estimate of drug-likeness (QED) is 0.786. The van der Waals surface area contributed by atoms with Crippen molar-refractivity contribution in [3.05, 3.63) is 35.5 Å². The Morgan fingerprint density at radius 3 is 3.21 bits per heavy atom. The zero-order valence-electron chi connectivity index (χ0n) is 13.4. The maximum Gasteiger partial charge on any atom is 0.231 e. The van der Waals surface area contributed by atoms with Crippen molar-refractivity contribution in [3.63, 3.8) is 0 Å². The van der Waals surface area contributed by atoms with Crippen molar-refractivity contribution in [2.75, 3.05) is 0 Å². The number of carbonyl (C=O) groups excluding carboxylic acids is 1. The zero-order valence-corrected chi connectivity index (χ0v) is 13.4. The molecule has 8 nitrogen and oxygen atoms in total. The molecule has 0 radical (unpaired) electrons. The fourth-order valence-electron chi connectivity index (χ4n) is 3.10. The number of benzene rings is 1. The maximum absolute atomic E-state index is 12.6. The molecule has 1 aliphatic rings. The van der Waals surface area contributed by atoms with Gasteiger partial charge in [0.25, 0.3) is 0 Å². The number of para-hydroxylation sites is 1. The van der Waals surface area contributed by atoms with Crippen molar-refractivity contribution in [1.82, 2.24) is 30.5 Å². The van der Waals surface area contributed by atoms with E-state index in [0.29, 0.717) is 11.7 Å². The van der Waals surface area contributed by atoms with Crippen LogP contribution in [-0.4, -0.2) is 31.1 Å². The lowest BCUT2D eigenvalue weighted by molar-refractivity contribution is -0.123. The average Bonchev–Trinajstić information content (AvgIpc) is 3.16. The number of tetrazole rings is 1. The van der Waals surface area contributed by atoms with Crippen LogP contribution < -0.4 is 5.32 Å². The lowest BCUT2D eigenvalue weighted by Gasteiger charge is -2.12. The van der Waals surface area contributed by atoms with E-state index in [-0.39, 0.29) is 18.4 Å². The number of rotatable bonds is 3. The highest BCUT2D eigenvalue weighted by Crippen LogP contribution is 2.24. The number of amides is 1. The minimum Gasteiger partial charge on any atom is -0.439 e. The summed E-state index contributed by atoms with van der Waals surface area (Å²) in [7, 11) is 0. The van der Waals surface area contributed by atoms with Crippen LogP contribution in [0.25, 0.3) is 11.1 Å². The van der Waals surface area contributed by atoms with Gasteiger partial charge in [-0.05, 0) is 41.8 Å². The number of aromatic nitrogens is 5. The normalized spacial score (nSPS) is 17.5. The topological polar surface area (TPSA) is 98.7 Å². The summed E-state index contributed by atoms with van der Waals surface area (Å²) in [6, 6.07) is 5.79. The predicted molar refractivity (Wildman–Crippen MR) is 85.0 cm³/mol. The van der Waals surface area contributed by atoms with Crippen LogP contribution >= 0.6 is 0 Å². The molecule has 24 heavy (non-hydrogen) atoms. The molecule has 0 saturated carbocycles.